The molecule has 1 saturated heterocycles. The Morgan fingerprint density at radius 1 is 0.955 bits per heavy atom. The first-order valence-electron chi connectivity index (χ1n) is 7.37. The van der Waals surface area contributed by atoms with E-state index in [0.717, 1.165) is 43.3 Å². The molecule has 22 heavy (non-hydrogen) atoms. The van der Waals surface area contributed by atoms with E-state index in [-0.39, 0.29) is 0 Å². The van der Waals surface area contributed by atoms with Crippen molar-refractivity contribution in [2.24, 2.45) is 0 Å². The summed E-state index contributed by atoms with van der Waals surface area (Å²) in [6.07, 6.45) is 0. The van der Waals surface area contributed by atoms with Crippen molar-refractivity contribution in [3.63, 3.8) is 0 Å². The van der Waals surface area contributed by atoms with Gasteiger partial charge >= 0.3 is 0 Å². The minimum absolute atomic E-state index is 0.696. The zero-order valence-corrected chi connectivity index (χ0v) is 13.4. The van der Waals surface area contributed by atoms with Crippen LogP contribution in [0.5, 0.6) is 5.75 Å². The third-order valence-corrected chi connectivity index (χ3v) is 4.32. The number of hydrogen-bond donors (Lipinski definition) is 1. The van der Waals surface area contributed by atoms with Gasteiger partial charge in [-0.25, -0.2) is 0 Å². The van der Waals surface area contributed by atoms with Crippen molar-refractivity contribution in [1.29, 1.82) is 0 Å². The molecule has 0 aromatic heterocycles. The molecule has 0 spiro atoms. The molecule has 1 fully saturated rings. The summed E-state index contributed by atoms with van der Waals surface area (Å²) in [5.41, 5.74) is 8.66. The van der Waals surface area contributed by atoms with E-state index in [1.165, 1.54) is 0 Å². The molecule has 1 heterocycles. The molecule has 0 aliphatic carbocycles. The second-order valence-electron chi connectivity index (χ2n) is 5.36. The number of piperazine rings is 1. The molecule has 5 heteroatoms. The van der Waals surface area contributed by atoms with Crippen LogP contribution in [0.2, 0.25) is 5.02 Å². The fourth-order valence-corrected chi connectivity index (χ4v) is 3.17. The predicted octanol–water partition coefficient (Wildman–Crippen LogP) is 3.26. The van der Waals surface area contributed by atoms with Gasteiger partial charge in [-0.2, -0.15) is 0 Å². The van der Waals surface area contributed by atoms with E-state index in [4.69, 9.17) is 22.1 Å². The van der Waals surface area contributed by atoms with Crippen LogP contribution in [0.25, 0.3) is 0 Å². The maximum Gasteiger partial charge on any atom is 0.142 e. The van der Waals surface area contributed by atoms with Gasteiger partial charge in [-0.3, -0.25) is 0 Å². The second kappa shape index (κ2) is 6.36. The largest absolute Gasteiger partial charge is 0.495 e. The summed E-state index contributed by atoms with van der Waals surface area (Å²) in [6, 6.07) is 13.8. The number of nitrogens with zero attached hydrogens (tertiary/aromatic N) is 2. The second-order valence-corrected chi connectivity index (χ2v) is 5.76. The van der Waals surface area contributed by atoms with E-state index in [9.17, 15) is 0 Å². The van der Waals surface area contributed by atoms with Gasteiger partial charge in [0, 0.05) is 31.9 Å². The first-order chi connectivity index (χ1) is 10.7. The highest BCUT2D eigenvalue weighted by molar-refractivity contribution is 6.33. The smallest absolute Gasteiger partial charge is 0.142 e. The lowest BCUT2D eigenvalue weighted by Gasteiger charge is -2.38. The molecule has 1 aliphatic heterocycles. The zero-order valence-electron chi connectivity index (χ0n) is 12.6. The molecule has 3 rings (SSSR count). The van der Waals surface area contributed by atoms with Crippen molar-refractivity contribution >= 4 is 28.7 Å². The number of ether oxygens (including phenoxy) is 1. The number of nitrogens with two attached hydrogens (primary N) is 1. The van der Waals surface area contributed by atoms with Crippen molar-refractivity contribution in [3.8, 4) is 5.75 Å². The first-order valence-corrected chi connectivity index (χ1v) is 7.75. The lowest BCUT2D eigenvalue weighted by atomic mass is 10.2. The van der Waals surface area contributed by atoms with Crippen LogP contribution in [-0.4, -0.2) is 33.3 Å². The van der Waals surface area contributed by atoms with E-state index in [1.807, 2.05) is 36.4 Å². The fraction of sp³-hybridized carbons (Fsp3) is 0.294. The third kappa shape index (κ3) is 2.92. The van der Waals surface area contributed by atoms with Crippen LogP contribution in [0.15, 0.2) is 42.5 Å². The van der Waals surface area contributed by atoms with Crippen molar-refractivity contribution in [2.75, 3.05) is 48.8 Å². The number of halogens is 1. The summed E-state index contributed by atoms with van der Waals surface area (Å²) in [5.74, 6) is 0.918. The number of rotatable bonds is 3. The summed E-state index contributed by atoms with van der Waals surface area (Å²) in [7, 11) is 1.71. The van der Waals surface area contributed by atoms with Gasteiger partial charge in [0.2, 0.25) is 0 Å². The number of nitrogen functional groups attached to an aromatic ring is 1. The van der Waals surface area contributed by atoms with Gasteiger partial charge in [0.15, 0.2) is 0 Å². The zero-order chi connectivity index (χ0) is 15.5. The molecule has 4 nitrogen and oxygen atoms in total. The fourth-order valence-electron chi connectivity index (χ4n) is 2.86. The van der Waals surface area contributed by atoms with Crippen LogP contribution < -0.4 is 20.3 Å². The number of hydrogen-bond acceptors (Lipinski definition) is 4. The standard InChI is InChI=1S/C17H20ClN3O/c1-22-17-5-3-2-4-16(17)21-10-8-20(9-11-21)15-7-6-13(19)12-14(15)18/h2-7,12H,8-11,19H2,1H3. The van der Waals surface area contributed by atoms with Crippen LogP contribution in [0.4, 0.5) is 17.1 Å². The molecule has 2 aromatic carbocycles. The minimum Gasteiger partial charge on any atom is -0.495 e. The number of benzene rings is 2. The third-order valence-electron chi connectivity index (χ3n) is 4.02. The van der Waals surface area contributed by atoms with E-state index >= 15 is 0 Å². The highest BCUT2D eigenvalue weighted by Gasteiger charge is 2.21. The monoisotopic (exact) mass is 317 g/mol. The Kier molecular flexibility index (Phi) is 4.29. The lowest BCUT2D eigenvalue weighted by Crippen LogP contribution is -2.46. The molecule has 0 bridgehead atoms. The summed E-state index contributed by atoms with van der Waals surface area (Å²) in [6.45, 7) is 3.70. The summed E-state index contributed by atoms with van der Waals surface area (Å²) < 4.78 is 5.45. The van der Waals surface area contributed by atoms with Gasteiger partial charge in [-0.15, -0.1) is 0 Å². The molecule has 0 unspecified atom stereocenters. The molecule has 0 radical (unpaired) electrons. The van der Waals surface area contributed by atoms with Crippen LogP contribution in [0.3, 0.4) is 0 Å². The number of para-hydroxylation sites is 2. The average Bonchev–Trinajstić information content (AvgIpc) is 2.55. The maximum absolute atomic E-state index is 6.31. The highest BCUT2D eigenvalue weighted by Crippen LogP contribution is 2.31. The summed E-state index contributed by atoms with van der Waals surface area (Å²) >= 11 is 6.31. The molecule has 2 aromatic rings. The van der Waals surface area contributed by atoms with E-state index < -0.39 is 0 Å². The van der Waals surface area contributed by atoms with Crippen molar-refractivity contribution < 1.29 is 4.74 Å². The highest BCUT2D eigenvalue weighted by atomic mass is 35.5. The van der Waals surface area contributed by atoms with Gasteiger partial charge in [-0.05, 0) is 30.3 Å². The van der Waals surface area contributed by atoms with Gasteiger partial charge in [0.25, 0.3) is 0 Å². The predicted molar refractivity (Wildman–Crippen MR) is 93.3 cm³/mol. The van der Waals surface area contributed by atoms with E-state index in [2.05, 4.69) is 15.9 Å². The first kappa shape index (κ1) is 14.9. The molecule has 116 valence electrons. The number of anilines is 3. The quantitative estimate of drug-likeness (QED) is 0.882. The lowest BCUT2D eigenvalue weighted by molar-refractivity contribution is 0.413. The van der Waals surface area contributed by atoms with Gasteiger partial charge < -0.3 is 20.3 Å². The molecular formula is C17H20ClN3O. The Labute approximate surface area is 136 Å². The average molecular weight is 318 g/mol. The Bertz CT molecular complexity index is 654. The topological polar surface area (TPSA) is 41.7 Å². The molecule has 0 saturated carbocycles. The normalized spacial score (nSPS) is 15.0. The van der Waals surface area contributed by atoms with E-state index in [1.54, 1.807) is 7.11 Å². The Balaban J connectivity index is 1.72. The van der Waals surface area contributed by atoms with Crippen molar-refractivity contribution in [1.82, 2.24) is 0 Å². The summed E-state index contributed by atoms with van der Waals surface area (Å²) in [5, 5.41) is 0.714. The summed E-state index contributed by atoms with van der Waals surface area (Å²) in [4.78, 5) is 4.65. The molecular weight excluding hydrogens is 298 g/mol. The van der Waals surface area contributed by atoms with E-state index in [0.29, 0.717) is 10.7 Å². The van der Waals surface area contributed by atoms with Gasteiger partial charge in [-0.1, -0.05) is 23.7 Å². The van der Waals surface area contributed by atoms with Crippen LogP contribution >= 0.6 is 11.6 Å². The van der Waals surface area contributed by atoms with Crippen molar-refractivity contribution in [2.45, 2.75) is 0 Å². The van der Waals surface area contributed by atoms with Crippen LogP contribution in [0.1, 0.15) is 0 Å². The van der Waals surface area contributed by atoms with Crippen LogP contribution in [0, 0.1) is 0 Å². The molecule has 0 amide bonds. The SMILES string of the molecule is COc1ccccc1N1CCN(c2ccc(N)cc2Cl)CC1. The molecule has 1 aliphatic rings. The Morgan fingerprint density at radius 2 is 1.59 bits per heavy atom. The number of methoxy groups -OCH3 is 1. The Morgan fingerprint density at radius 3 is 2.23 bits per heavy atom. The maximum atomic E-state index is 6.31. The van der Waals surface area contributed by atoms with Gasteiger partial charge in [0.1, 0.15) is 5.75 Å². The van der Waals surface area contributed by atoms with Crippen LogP contribution in [-0.2, 0) is 0 Å². The minimum atomic E-state index is 0.696. The molecule has 2 N–H and O–H groups in total. The molecule has 0 atom stereocenters. The van der Waals surface area contributed by atoms with Crippen molar-refractivity contribution in [3.05, 3.63) is 47.5 Å². The Hall–Kier alpha value is -2.07. The van der Waals surface area contributed by atoms with Gasteiger partial charge in [0.05, 0.1) is 23.5 Å².